The Bertz CT molecular complexity index is 1740. The summed E-state index contributed by atoms with van der Waals surface area (Å²) < 4.78 is 37.1. The molecule has 0 saturated heterocycles. The van der Waals surface area contributed by atoms with Crippen molar-refractivity contribution < 1.29 is 57.1 Å². The maximum absolute atomic E-state index is 12.3. The number of esters is 5. The van der Waals surface area contributed by atoms with Gasteiger partial charge in [-0.3, -0.25) is 14.4 Å². The number of hydrogen-bond acceptors (Lipinski definition) is 12. The summed E-state index contributed by atoms with van der Waals surface area (Å²) in [4.78, 5) is 57.2. The van der Waals surface area contributed by atoms with Crippen LogP contribution in [0.2, 0.25) is 0 Å². The Labute approximate surface area is 381 Å². The molecule has 0 bridgehead atoms. The van der Waals surface area contributed by atoms with Crippen LogP contribution in [0.3, 0.4) is 0 Å². The van der Waals surface area contributed by atoms with Gasteiger partial charge in [0.25, 0.3) is 0 Å². The van der Waals surface area contributed by atoms with Crippen LogP contribution in [0.5, 0.6) is 23.0 Å². The number of carbonyl (C=O) groups is 5. The fraction of sp³-hybridized carbons (Fsp3) is 0.519. The summed E-state index contributed by atoms with van der Waals surface area (Å²) >= 11 is 0. The minimum Gasteiger partial charge on any atom is -0.494 e. The molecular weight excluding hydrogens is 817 g/mol. The van der Waals surface area contributed by atoms with Gasteiger partial charge in [0, 0.05) is 25.8 Å². The van der Waals surface area contributed by atoms with Crippen LogP contribution in [0, 0.1) is 6.92 Å². The molecule has 0 aromatic heterocycles. The van der Waals surface area contributed by atoms with E-state index in [1.165, 1.54) is 37.8 Å². The number of unbranched alkanes of at least 4 members (excludes halogenated alkanes) is 13. The van der Waals surface area contributed by atoms with Crippen molar-refractivity contribution in [1.29, 1.82) is 0 Å². The van der Waals surface area contributed by atoms with E-state index in [9.17, 15) is 24.0 Å². The molecule has 12 heteroatoms. The number of hydrogen-bond donors (Lipinski definition) is 0. The monoisotopic (exact) mass is 889 g/mol. The second kappa shape index (κ2) is 35.8. The first kappa shape index (κ1) is 54.5. The lowest BCUT2D eigenvalue weighted by molar-refractivity contribution is -0.145. The smallest absolute Gasteiger partial charge is 0.343 e. The van der Waals surface area contributed by atoms with Crippen LogP contribution in [-0.2, 0) is 33.4 Å². The highest BCUT2D eigenvalue weighted by atomic mass is 16.5. The van der Waals surface area contributed by atoms with E-state index >= 15 is 0 Å². The molecule has 3 aromatic carbocycles. The van der Waals surface area contributed by atoms with Gasteiger partial charge in [0.1, 0.15) is 23.0 Å². The zero-order valence-corrected chi connectivity index (χ0v) is 38.6. The van der Waals surface area contributed by atoms with Crippen LogP contribution in [0.4, 0.5) is 0 Å². The molecule has 0 fully saturated rings. The Hall–Kier alpha value is -5.65. The number of carbonyl (C=O) groups excluding carboxylic acids is 5. The summed E-state index contributed by atoms with van der Waals surface area (Å²) in [5.41, 5.74) is 1.65. The lowest BCUT2D eigenvalue weighted by Crippen LogP contribution is -2.08. The largest absolute Gasteiger partial charge is 0.494 e. The number of ether oxygens (including phenoxy) is 7. The molecule has 0 radical (unpaired) electrons. The summed E-state index contributed by atoms with van der Waals surface area (Å²) in [6.07, 6.45) is 19.2. The van der Waals surface area contributed by atoms with Gasteiger partial charge in [-0.1, -0.05) is 89.0 Å². The van der Waals surface area contributed by atoms with Crippen molar-refractivity contribution in [1.82, 2.24) is 0 Å². The lowest BCUT2D eigenvalue weighted by atomic mass is 10.1. The van der Waals surface area contributed by atoms with Gasteiger partial charge >= 0.3 is 29.8 Å². The second-order valence-electron chi connectivity index (χ2n) is 15.5. The quantitative estimate of drug-likeness (QED) is 0.0188. The maximum atomic E-state index is 12.3. The molecule has 64 heavy (non-hydrogen) atoms. The summed E-state index contributed by atoms with van der Waals surface area (Å²) in [6.45, 7) is 11.6. The fourth-order valence-electron chi connectivity index (χ4n) is 6.05. The molecule has 0 amide bonds. The van der Waals surface area contributed by atoms with Gasteiger partial charge in [0.15, 0.2) is 0 Å². The van der Waals surface area contributed by atoms with E-state index in [1.54, 1.807) is 48.5 Å². The molecule has 3 rings (SSSR count). The standard InChI is InChI=1S/C26H30O7.C26H42O5/c1-3-25(28)31-19-9-7-5-4-6-8-18-30-22-12-10-21(11-13-22)26(29)33-24-16-14-23(15-17-24)32-20(2)27;1-3-4-14-25(27)30-22-13-9-10-15-26(28)31-21-12-8-6-5-7-11-20-29-24-18-16-23(2)17-19-24/h3,10-17H,1,4-9,18-19H2,2H3;16-19H,3-15,20-22H2,1-2H3. The Kier molecular flexibility index (Phi) is 30.5. The van der Waals surface area contributed by atoms with Crippen LogP contribution in [0.25, 0.3) is 0 Å². The van der Waals surface area contributed by atoms with Crippen molar-refractivity contribution in [2.75, 3.05) is 33.0 Å². The Balaban J connectivity index is 0.000000441. The fourth-order valence-corrected chi connectivity index (χ4v) is 6.05. The predicted molar refractivity (Wildman–Crippen MR) is 248 cm³/mol. The summed E-state index contributed by atoms with van der Waals surface area (Å²) in [6, 6.07) is 21.2. The topological polar surface area (TPSA) is 150 Å². The van der Waals surface area contributed by atoms with Crippen molar-refractivity contribution in [2.24, 2.45) is 0 Å². The lowest BCUT2D eigenvalue weighted by Gasteiger charge is -2.08. The van der Waals surface area contributed by atoms with E-state index in [0.717, 1.165) is 102 Å². The van der Waals surface area contributed by atoms with Gasteiger partial charge in [0.05, 0.1) is 38.6 Å². The zero-order chi connectivity index (χ0) is 46.5. The first-order chi connectivity index (χ1) is 31.1. The van der Waals surface area contributed by atoms with E-state index in [4.69, 9.17) is 33.2 Å². The van der Waals surface area contributed by atoms with Gasteiger partial charge in [-0.15, -0.1) is 0 Å². The molecule has 0 atom stereocenters. The molecule has 0 aliphatic carbocycles. The summed E-state index contributed by atoms with van der Waals surface area (Å²) in [5.74, 6) is 0.877. The van der Waals surface area contributed by atoms with Crippen molar-refractivity contribution in [3.8, 4) is 23.0 Å². The van der Waals surface area contributed by atoms with Crippen molar-refractivity contribution in [3.05, 3.63) is 96.6 Å². The molecule has 0 aliphatic heterocycles. The molecule has 3 aromatic rings. The van der Waals surface area contributed by atoms with Crippen LogP contribution >= 0.6 is 0 Å². The van der Waals surface area contributed by atoms with Gasteiger partial charge < -0.3 is 33.2 Å². The van der Waals surface area contributed by atoms with Crippen LogP contribution in [0.15, 0.2) is 85.5 Å². The van der Waals surface area contributed by atoms with Gasteiger partial charge in [-0.05, 0) is 119 Å². The van der Waals surface area contributed by atoms with Gasteiger partial charge in [-0.2, -0.15) is 0 Å². The minimum atomic E-state index is -0.485. The van der Waals surface area contributed by atoms with Crippen molar-refractivity contribution >= 4 is 29.8 Å². The van der Waals surface area contributed by atoms with Crippen LogP contribution in [-0.4, -0.2) is 62.9 Å². The molecule has 0 saturated carbocycles. The maximum Gasteiger partial charge on any atom is 0.343 e. The molecular formula is C52H72O12. The normalized spacial score (nSPS) is 10.4. The molecule has 0 heterocycles. The van der Waals surface area contributed by atoms with Crippen molar-refractivity contribution in [2.45, 2.75) is 143 Å². The third kappa shape index (κ3) is 28.9. The predicted octanol–water partition coefficient (Wildman–Crippen LogP) is 11.8. The van der Waals surface area contributed by atoms with Gasteiger partial charge in [-0.25, -0.2) is 9.59 Å². The number of rotatable bonds is 33. The highest BCUT2D eigenvalue weighted by Gasteiger charge is 2.10. The third-order valence-electron chi connectivity index (χ3n) is 9.72. The second-order valence-corrected chi connectivity index (χ2v) is 15.5. The molecule has 12 nitrogen and oxygen atoms in total. The number of aryl methyl sites for hydroxylation is 1. The first-order valence-corrected chi connectivity index (χ1v) is 23.1. The minimum absolute atomic E-state index is 0.114. The Morgan fingerprint density at radius 1 is 0.469 bits per heavy atom. The van der Waals surface area contributed by atoms with E-state index in [1.807, 2.05) is 12.1 Å². The van der Waals surface area contributed by atoms with E-state index in [2.05, 4.69) is 32.6 Å². The summed E-state index contributed by atoms with van der Waals surface area (Å²) in [7, 11) is 0. The third-order valence-corrected chi connectivity index (χ3v) is 9.72. The highest BCUT2D eigenvalue weighted by Crippen LogP contribution is 2.20. The number of benzene rings is 3. The van der Waals surface area contributed by atoms with Gasteiger partial charge in [0.2, 0.25) is 0 Å². The molecule has 352 valence electrons. The molecule has 0 unspecified atom stereocenters. The summed E-state index contributed by atoms with van der Waals surface area (Å²) in [5, 5.41) is 0. The molecule has 0 N–H and O–H groups in total. The SMILES string of the molecule is C=CC(=O)OCCCCCCCCOc1ccc(C(=O)Oc2ccc(OC(C)=O)cc2)cc1.CCCCC(=O)OCCCCCC(=O)OCCCCCCCCOc1ccc(C)cc1. The molecule has 0 spiro atoms. The molecule has 0 aliphatic rings. The zero-order valence-electron chi connectivity index (χ0n) is 38.6. The Morgan fingerprint density at radius 2 is 0.859 bits per heavy atom. The first-order valence-electron chi connectivity index (χ1n) is 23.1. The average molecular weight is 889 g/mol. The van der Waals surface area contributed by atoms with E-state index < -0.39 is 11.9 Å². The average Bonchev–Trinajstić information content (AvgIpc) is 3.29. The van der Waals surface area contributed by atoms with Crippen molar-refractivity contribution in [3.63, 3.8) is 0 Å². The van der Waals surface area contributed by atoms with Crippen LogP contribution in [0.1, 0.15) is 152 Å². The van der Waals surface area contributed by atoms with Crippen LogP contribution < -0.4 is 18.9 Å². The Morgan fingerprint density at radius 3 is 1.33 bits per heavy atom. The van der Waals surface area contributed by atoms with E-state index in [0.29, 0.717) is 62.1 Å². The highest BCUT2D eigenvalue weighted by molar-refractivity contribution is 5.91. The van der Waals surface area contributed by atoms with E-state index in [-0.39, 0.29) is 17.9 Å².